The summed E-state index contributed by atoms with van der Waals surface area (Å²) < 4.78 is 0. The van der Waals surface area contributed by atoms with Gasteiger partial charge in [-0.2, -0.15) is 0 Å². The van der Waals surface area contributed by atoms with Crippen LogP contribution in [0.5, 0.6) is 0 Å². The highest BCUT2D eigenvalue weighted by Crippen LogP contribution is 2.05. The number of hydrogen-bond donors (Lipinski definition) is 1. The maximum Gasteiger partial charge on any atom is 0.0195 e. The van der Waals surface area contributed by atoms with Gasteiger partial charge in [-0.15, -0.1) is 0 Å². The quantitative estimate of drug-likeness (QED) is 0.710. The molecular weight excluding hydrogens is 186 g/mol. The fourth-order valence-electron chi connectivity index (χ4n) is 2.25. The number of rotatable bonds is 6. The summed E-state index contributed by atoms with van der Waals surface area (Å²) >= 11 is 0. The Labute approximate surface area is 94.8 Å². The van der Waals surface area contributed by atoms with E-state index in [4.69, 9.17) is 0 Å². The summed E-state index contributed by atoms with van der Waals surface area (Å²) in [6, 6.07) is 0.739. The monoisotopic (exact) mass is 213 g/mol. The lowest BCUT2D eigenvalue weighted by molar-refractivity contribution is 0.186. The van der Waals surface area contributed by atoms with Crippen molar-refractivity contribution in [2.75, 3.05) is 46.8 Å². The average molecular weight is 213 g/mol. The van der Waals surface area contributed by atoms with Crippen LogP contribution in [-0.2, 0) is 0 Å². The van der Waals surface area contributed by atoms with Crippen LogP contribution in [0.3, 0.4) is 0 Å². The Hall–Kier alpha value is -0.120. The Morgan fingerprint density at radius 2 is 2.20 bits per heavy atom. The second-order valence-corrected chi connectivity index (χ2v) is 4.90. The maximum absolute atomic E-state index is 3.60. The molecule has 1 N–H and O–H groups in total. The van der Waals surface area contributed by atoms with Gasteiger partial charge in [-0.1, -0.05) is 13.3 Å². The topological polar surface area (TPSA) is 18.5 Å². The fraction of sp³-hybridized carbons (Fsp3) is 1.00. The highest BCUT2D eigenvalue weighted by atomic mass is 15.2. The molecule has 1 atom stereocenters. The first-order chi connectivity index (χ1) is 7.22. The molecule has 0 spiro atoms. The van der Waals surface area contributed by atoms with E-state index in [0.717, 1.165) is 6.04 Å². The SMILES string of the molecule is CCCC1CN(CCCN(C)C)CCN1. The number of piperazine rings is 1. The summed E-state index contributed by atoms with van der Waals surface area (Å²) in [5.41, 5.74) is 0. The lowest BCUT2D eigenvalue weighted by Crippen LogP contribution is -2.50. The zero-order valence-corrected chi connectivity index (χ0v) is 10.6. The van der Waals surface area contributed by atoms with Gasteiger partial charge in [0.1, 0.15) is 0 Å². The van der Waals surface area contributed by atoms with Crippen LogP contribution < -0.4 is 5.32 Å². The molecule has 0 aliphatic carbocycles. The molecule has 1 fully saturated rings. The molecular formula is C12H27N3. The van der Waals surface area contributed by atoms with Crippen LogP contribution in [0.2, 0.25) is 0 Å². The number of nitrogens with one attached hydrogen (secondary N) is 1. The summed E-state index contributed by atoms with van der Waals surface area (Å²) in [5.74, 6) is 0. The first-order valence-corrected chi connectivity index (χ1v) is 6.33. The molecule has 0 radical (unpaired) electrons. The van der Waals surface area contributed by atoms with Crippen molar-refractivity contribution in [2.24, 2.45) is 0 Å². The summed E-state index contributed by atoms with van der Waals surface area (Å²) in [6.07, 6.45) is 3.92. The summed E-state index contributed by atoms with van der Waals surface area (Å²) in [5, 5.41) is 3.60. The minimum absolute atomic E-state index is 0.739. The third-order valence-electron chi connectivity index (χ3n) is 3.06. The van der Waals surface area contributed by atoms with Crippen molar-refractivity contribution in [3.05, 3.63) is 0 Å². The molecule has 0 aromatic carbocycles. The Bertz CT molecular complexity index is 157. The molecule has 1 rings (SSSR count). The molecule has 1 heterocycles. The highest BCUT2D eigenvalue weighted by molar-refractivity contribution is 4.78. The Balaban J connectivity index is 2.12. The summed E-state index contributed by atoms with van der Waals surface area (Å²) in [4.78, 5) is 4.88. The first-order valence-electron chi connectivity index (χ1n) is 6.33. The summed E-state index contributed by atoms with van der Waals surface area (Å²) in [7, 11) is 4.30. The molecule has 0 saturated carbocycles. The van der Waals surface area contributed by atoms with Crippen molar-refractivity contribution in [3.63, 3.8) is 0 Å². The van der Waals surface area contributed by atoms with E-state index in [0.29, 0.717) is 0 Å². The molecule has 1 aliphatic rings. The van der Waals surface area contributed by atoms with Gasteiger partial charge < -0.3 is 15.1 Å². The van der Waals surface area contributed by atoms with Gasteiger partial charge in [-0.25, -0.2) is 0 Å². The van der Waals surface area contributed by atoms with Crippen LogP contribution >= 0.6 is 0 Å². The van der Waals surface area contributed by atoms with Gasteiger partial charge in [0.05, 0.1) is 0 Å². The zero-order valence-electron chi connectivity index (χ0n) is 10.6. The molecule has 1 aliphatic heterocycles. The minimum atomic E-state index is 0.739. The molecule has 0 amide bonds. The average Bonchev–Trinajstić information content (AvgIpc) is 2.18. The molecule has 0 bridgehead atoms. The standard InChI is InChI=1S/C12H27N3/c1-4-6-12-11-15(10-7-13-12)9-5-8-14(2)3/h12-13H,4-11H2,1-3H3. The molecule has 3 nitrogen and oxygen atoms in total. The molecule has 0 aromatic rings. The molecule has 90 valence electrons. The van der Waals surface area contributed by atoms with Crippen molar-refractivity contribution in [1.82, 2.24) is 15.1 Å². The van der Waals surface area contributed by atoms with E-state index in [1.54, 1.807) is 0 Å². The Kier molecular flexibility index (Phi) is 6.22. The molecule has 1 saturated heterocycles. The van der Waals surface area contributed by atoms with Gasteiger partial charge in [0.2, 0.25) is 0 Å². The van der Waals surface area contributed by atoms with Crippen molar-refractivity contribution in [1.29, 1.82) is 0 Å². The molecule has 15 heavy (non-hydrogen) atoms. The first kappa shape index (κ1) is 12.9. The predicted molar refractivity (Wildman–Crippen MR) is 66.3 cm³/mol. The van der Waals surface area contributed by atoms with Crippen molar-refractivity contribution in [3.8, 4) is 0 Å². The van der Waals surface area contributed by atoms with Gasteiger partial charge >= 0.3 is 0 Å². The molecule has 0 aromatic heterocycles. The maximum atomic E-state index is 3.60. The van der Waals surface area contributed by atoms with Crippen LogP contribution in [0.4, 0.5) is 0 Å². The Morgan fingerprint density at radius 3 is 2.87 bits per heavy atom. The minimum Gasteiger partial charge on any atom is -0.311 e. The lowest BCUT2D eigenvalue weighted by Gasteiger charge is -2.33. The predicted octanol–water partition coefficient (Wildman–Crippen LogP) is 1.01. The molecule has 1 unspecified atom stereocenters. The smallest absolute Gasteiger partial charge is 0.0195 e. The normalized spacial score (nSPS) is 23.6. The van der Waals surface area contributed by atoms with E-state index in [9.17, 15) is 0 Å². The lowest BCUT2D eigenvalue weighted by atomic mass is 10.1. The van der Waals surface area contributed by atoms with E-state index in [1.165, 1.54) is 52.0 Å². The largest absolute Gasteiger partial charge is 0.311 e. The third-order valence-corrected chi connectivity index (χ3v) is 3.06. The van der Waals surface area contributed by atoms with Crippen molar-refractivity contribution >= 4 is 0 Å². The number of hydrogen-bond acceptors (Lipinski definition) is 3. The second-order valence-electron chi connectivity index (χ2n) is 4.90. The van der Waals surface area contributed by atoms with Gasteiger partial charge in [-0.3, -0.25) is 0 Å². The third kappa shape index (κ3) is 5.50. The Morgan fingerprint density at radius 1 is 1.40 bits per heavy atom. The summed E-state index contributed by atoms with van der Waals surface area (Å²) in [6.45, 7) is 8.40. The van der Waals surface area contributed by atoms with Crippen LogP contribution in [0.25, 0.3) is 0 Å². The van der Waals surface area contributed by atoms with Crippen LogP contribution in [0.1, 0.15) is 26.2 Å². The highest BCUT2D eigenvalue weighted by Gasteiger charge is 2.17. The number of nitrogens with zero attached hydrogens (tertiary/aromatic N) is 2. The fourth-order valence-corrected chi connectivity index (χ4v) is 2.25. The van der Waals surface area contributed by atoms with E-state index in [2.05, 4.69) is 36.1 Å². The second kappa shape index (κ2) is 7.20. The van der Waals surface area contributed by atoms with Gasteiger partial charge in [0, 0.05) is 25.7 Å². The van der Waals surface area contributed by atoms with E-state index in [1.807, 2.05) is 0 Å². The van der Waals surface area contributed by atoms with E-state index in [-0.39, 0.29) is 0 Å². The van der Waals surface area contributed by atoms with Gasteiger partial charge in [0.15, 0.2) is 0 Å². The van der Waals surface area contributed by atoms with Crippen LogP contribution in [0.15, 0.2) is 0 Å². The van der Waals surface area contributed by atoms with E-state index < -0.39 is 0 Å². The van der Waals surface area contributed by atoms with Gasteiger partial charge in [0.25, 0.3) is 0 Å². The zero-order chi connectivity index (χ0) is 11.1. The van der Waals surface area contributed by atoms with E-state index >= 15 is 0 Å². The van der Waals surface area contributed by atoms with Crippen LogP contribution in [-0.4, -0.2) is 62.7 Å². The van der Waals surface area contributed by atoms with Gasteiger partial charge in [-0.05, 0) is 40.0 Å². The van der Waals surface area contributed by atoms with Crippen molar-refractivity contribution in [2.45, 2.75) is 32.2 Å². The van der Waals surface area contributed by atoms with Crippen molar-refractivity contribution < 1.29 is 0 Å². The van der Waals surface area contributed by atoms with Crippen LogP contribution in [0, 0.1) is 0 Å². The molecule has 3 heteroatoms.